The highest BCUT2D eigenvalue weighted by molar-refractivity contribution is 8.26. The molecule has 2 aromatic rings. The zero-order valence-electron chi connectivity index (χ0n) is 14.3. The Morgan fingerprint density at radius 2 is 2.04 bits per heavy atom. The molecule has 9 heteroatoms. The summed E-state index contributed by atoms with van der Waals surface area (Å²) in [5, 5.41) is 11.8. The summed E-state index contributed by atoms with van der Waals surface area (Å²) in [5.41, 5.74) is 0.243. The first-order valence-electron chi connectivity index (χ1n) is 7.98. The largest absolute Gasteiger partial charge is 0.449 e. The molecule has 6 nitrogen and oxygen atoms in total. The van der Waals surface area contributed by atoms with Gasteiger partial charge in [-0.2, -0.15) is 0 Å². The van der Waals surface area contributed by atoms with Crippen LogP contribution in [0.25, 0.3) is 6.08 Å². The predicted molar refractivity (Wildman–Crippen MR) is 115 cm³/mol. The van der Waals surface area contributed by atoms with E-state index in [1.54, 1.807) is 42.5 Å². The van der Waals surface area contributed by atoms with Gasteiger partial charge < -0.3 is 4.74 Å². The van der Waals surface area contributed by atoms with E-state index in [0.29, 0.717) is 32.1 Å². The smallest absolute Gasteiger partial charge is 0.312 e. The number of carbonyl (C=O) groups excluding carboxylic acids is 1. The van der Waals surface area contributed by atoms with Gasteiger partial charge >= 0.3 is 5.69 Å². The number of nitrogens with zero attached hydrogens (tertiary/aromatic N) is 2. The fourth-order valence-corrected chi connectivity index (χ4v) is 3.89. The Morgan fingerprint density at radius 1 is 1.29 bits per heavy atom. The zero-order chi connectivity index (χ0) is 20.3. The predicted octanol–water partition coefficient (Wildman–Crippen LogP) is 5.43. The number of thiocarbonyl (C=S) groups is 1. The van der Waals surface area contributed by atoms with Gasteiger partial charge in [-0.3, -0.25) is 19.8 Å². The van der Waals surface area contributed by atoms with E-state index in [1.165, 1.54) is 17.0 Å². The Morgan fingerprint density at radius 3 is 2.71 bits per heavy atom. The summed E-state index contributed by atoms with van der Waals surface area (Å²) in [6.45, 7) is 3.92. The van der Waals surface area contributed by atoms with Crippen molar-refractivity contribution in [3.8, 4) is 11.5 Å². The van der Waals surface area contributed by atoms with Crippen molar-refractivity contribution in [2.75, 3.05) is 6.54 Å². The van der Waals surface area contributed by atoms with E-state index in [1.807, 2.05) is 0 Å². The summed E-state index contributed by atoms with van der Waals surface area (Å²) in [6, 6.07) is 11.1. The van der Waals surface area contributed by atoms with Crippen LogP contribution in [0.1, 0.15) is 5.56 Å². The molecule has 0 aromatic heterocycles. The molecule has 1 amide bonds. The van der Waals surface area contributed by atoms with E-state index in [-0.39, 0.29) is 17.3 Å². The third kappa shape index (κ3) is 4.24. The molecule has 3 rings (SSSR count). The normalized spacial score (nSPS) is 15.2. The maximum absolute atomic E-state index is 12.4. The number of amides is 1. The molecule has 0 aliphatic carbocycles. The lowest BCUT2D eigenvalue weighted by atomic mass is 10.1. The third-order valence-electron chi connectivity index (χ3n) is 3.72. The van der Waals surface area contributed by atoms with Crippen molar-refractivity contribution in [2.45, 2.75) is 0 Å². The first kappa shape index (κ1) is 20.1. The van der Waals surface area contributed by atoms with Crippen molar-refractivity contribution in [1.29, 1.82) is 0 Å². The topological polar surface area (TPSA) is 72.7 Å². The molecule has 1 aliphatic heterocycles. The van der Waals surface area contributed by atoms with Crippen LogP contribution in [0.5, 0.6) is 11.5 Å². The monoisotopic (exact) mass is 432 g/mol. The molecule has 0 atom stereocenters. The van der Waals surface area contributed by atoms with Gasteiger partial charge in [0.05, 0.1) is 14.9 Å². The zero-order valence-corrected chi connectivity index (χ0v) is 16.7. The van der Waals surface area contributed by atoms with E-state index in [2.05, 4.69) is 6.58 Å². The second-order valence-corrected chi connectivity index (χ2v) is 7.68. The van der Waals surface area contributed by atoms with Gasteiger partial charge in [-0.1, -0.05) is 59.9 Å². The Bertz CT molecular complexity index is 1020. The summed E-state index contributed by atoms with van der Waals surface area (Å²) < 4.78 is 6.03. The molecule has 0 bridgehead atoms. The molecular weight excluding hydrogens is 420 g/mol. The number of hydrogen-bond donors (Lipinski definition) is 0. The summed E-state index contributed by atoms with van der Waals surface area (Å²) in [4.78, 5) is 25.2. The van der Waals surface area contributed by atoms with Crippen molar-refractivity contribution in [1.82, 2.24) is 4.90 Å². The number of hydrogen-bond acceptors (Lipinski definition) is 6. The van der Waals surface area contributed by atoms with Crippen LogP contribution in [0.3, 0.4) is 0 Å². The van der Waals surface area contributed by atoms with Crippen LogP contribution in [0.4, 0.5) is 5.69 Å². The average molecular weight is 433 g/mol. The van der Waals surface area contributed by atoms with Gasteiger partial charge in [0.2, 0.25) is 5.75 Å². The molecule has 1 heterocycles. The molecular formula is C19H13ClN2O4S2. The maximum Gasteiger partial charge on any atom is 0.312 e. The SMILES string of the molecule is C=CCN1C(=O)/C(=C/c2ccc(Oc3ccccc3Cl)c([N+](=O)[O-])c2)SC1=S. The standard InChI is InChI=1S/C19H13ClN2O4S2/c1-2-9-21-18(23)17(28-19(21)27)11-12-7-8-16(14(10-12)22(24)25)26-15-6-4-3-5-13(15)20/h2-8,10-11H,1,9H2/b17-11-. The van der Waals surface area contributed by atoms with Gasteiger partial charge in [-0.05, 0) is 29.8 Å². The summed E-state index contributed by atoms with van der Waals surface area (Å²) in [7, 11) is 0. The highest BCUT2D eigenvalue weighted by Gasteiger charge is 2.31. The van der Waals surface area contributed by atoms with Crippen LogP contribution in [-0.2, 0) is 4.79 Å². The number of para-hydroxylation sites is 1. The van der Waals surface area contributed by atoms with Gasteiger partial charge in [0.25, 0.3) is 5.91 Å². The summed E-state index contributed by atoms with van der Waals surface area (Å²) >= 11 is 12.4. The molecule has 1 fully saturated rings. The van der Waals surface area contributed by atoms with Crippen molar-refractivity contribution in [2.24, 2.45) is 0 Å². The van der Waals surface area contributed by atoms with Gasteiger partial charge in [0, 0.05) is 12.6 Å². The number of benzene rings is 2. The fourth-order valence-electron chi connectivity index (χ4n) is 2.44. The lowest BCUT2D eigenvalue weighted by Gasteiger charge is -2.10. The number of nitro benzene ring substituents is 1. The number of rotatable bonds is 6. The van der Waals surface area contributed by atoms with E-state index in [9.17, 15) is 14.9 Å². The Kier molecular flexibility index (Phi) is 6.13. The fraction of sp³-hybridized carbons (Fsp3) is 0.0526. The molecule has 142 valence electrons. The number of halogens is 1. The second-order valence-electron chi connectivity index (χ2n) is 5.60. The van der Waals surface area contributed by atoms with Crippen LogP contribution in [0.15, 0.2) is 60.0 Å². The average Bonchev–Trinajstić information content (AvgIpc) is 2.92. The minimum atomic E-state index is -0.549. The Labute approximate surface area is 175 Å². The number of nitro groups is 1. The molecule has 0 spiro atoms. The van der Waals surface area contributed by atoms with Crippen LogP contribution in [-0.4, -0.2) is 26.6 Å². The van der Waals surface area contributed by atoms with Gasteiger partial charge in [0.15, 0.2) is 0 Å². The molecule has 0 N–H and O–H groups in total. The van der Waals surface area contributed by atoms with Crippen LogP contribution in [0, 0.1) is 10.1 Å². The first-order chi connectivity index (χ1) is 13.4. The van der Waals surface area contributed by atoms with Crippen molar-refractivity contribution in [3.05, 3.63) is 80.7 Å². The molecule has 28 heavy (non-hydrogen) atoms. The summed E-state index contributed by atoms with van der Waals surface area (Å²) in [6.07, 6.45) is 3.15. The minimum Gasteiger partial charge on any atom is -0.449 e. The Balaban J connectivity index is 1.92. The van der Waals surface area contributed by atoms with Crippen LogP contribution in [0.2, 0.25) is 5.02 Å². The van der Waals surface area contributed by atoms with Crippen LogP contribution < -0.4 is 4.74 Å². The minimum absolute atomic E-state index is 0.0504. The Hall–Kier alpha value is -2.68. The molecule has 2 aromatic carbocycles. The molecule has 1 saturated heterocycles. The van der Waals surface area contributed by atoms with Crippen LogP contribution >= 0.6 is 35.6 Å². The van der Waals surface area contributed by atoms with E-state index in [0.717, 1.165) is 11.8 Å². The lowest BCUT2D eigenvalue weighted by molar-refractivity contribution is -0.385. The second kappa shape index (κ2) is 8.55. The van der Waals surface area contributed by atoms with Gasteiger partial charge in [-0.25, -0.2) is 0 Å². The lowest BCUT2D eigenvalue weighted by Crippen LogP contribution is -2.27. The van der Waals surface area contributed by atoms with E-state index in [4.69, 9.17) is 28.6 Å². The van der Waals surface area contributed by atoms with Crippen molar-refractivity contribution >= 4 is 57.6 Å². The molecule has 0 unspecified atom stereocenters. The summed E-state index contributed by atoms with van der Waals surface area (Å²) in [5.74, 6) is 0.105. The number of ether oxygens (including phenoxy) is 1. The van der Waals surface area contributed by atoms with Gasteiger partial charge in [0.1, 0.15) is 10.1 Å². The van der Waals surface area contributed by atoms with Gasteiger partial charge in [-0.15, -0.1) is 6.58 Å². The van der Waals surface area contributed by atoms with E-state index < -0.39 is 4.92 Å². The van der Waals surface area contributed by atoms with E-state index >= 15 is 0 Å². The highest BCUT2D eigenvalue weighted by Crippen LogP contribution is 2.37. The number of carbonyl (C=O) groups is 1. The highest BCUT2D eigenvalue weighted by atomic mass is 35.5. The quantitative estimate of drug-likeness (QED) is 0.199. The third-order valence-corrected chi connectivity index (χ3v) is 5.41. The maximum atomic E-state index is 12.4. The molecule has 0 saturated carbocycles. The molecule has 0 radical (unpaired) electrons. The number of thioether (sulfide) groups is 1. The van der Waals surface area contributed by atoms with Crippen molar-refractivity contribution < 1.29 is 14.5 Å². The van der Waals surface area contributed by atoms with Crippen molar-refractivity contribution in [3.63, 3.8) is 0 Å². The first-order valence-corrected chi connectivity index (χ1v) is 9.58. The molecule has 1 aliphatic rings.